The molecule has 1 atom stereocenters. The van der Waals surface area contributed by atoms with Gasteiger partial charge in [0.15, 0.2) is 6.10 Å². The van der Waals surface area contributed by atoms with Crippen molar-refractivity contribution in [2.24, 2.45) is 0 Å². The Labute approximate surface area is 59.7 Å². The van der Waals surface area contributed by atoms with E-state index >= 15 is 0 Å². The minimum Gasteiger partial charge on any atom is -0.467 e. The number of hydrogen-bond acceptors (Lipinski definition) is 4. The summed E-state index contributed by atoms with van der Waals surface area (Å²) in [4.78, 5) is 10.7. The zero-order valence-electron chi connectivity index (χ0n) is 6.16. The van der Waals surface area contributed by atoms with Gasteiger partial charge in [-0.2, -0.15) is 0 Å². The molecule has 4 nitrogen and oxygen atoms in total. The molecule has 0 amide bonds. The topological polar surface area (TPSA) is 55.8 Å². The Hall–Kier alpha value is -0.610. The highest BCUT2D eigenvalue weighted by Crippen LogP contribution is 1.97. The summed E-state index contributed by atoms with van der Waals surface area (Å²) >= 11 is 0. The largest absolute Gasteiger partial charge is 0.467 e. The van der Waals surface area contributed by atoms with Crippen LogP contribution in [0.2, 0.25) is 0 Å². The molecule has 0 fully saturated rings. The molecular formula is C6H12O4. The lowest BCUT2D eigenvalue weighted by atomic mass is 10.3. The fourth-order valence-corrected chi connectivity index (χ4v) is 0.581. The summed E-state index contributed by atoms with van der Waals surface area (Å²) in [7, 11) is 2.68. The van der Waals surface area contributed by atoms with E-state index in [-0.39, 0.29) is 13.0 Å². The van der Waals surface area contributed by atoms with Crippen molar-refractivity contribution in [3.05, 3.63) is 0 Å². The molecule has 0 aromatic rings. The van der Waals surface area contributed by atoms with Gasteiger partial charge in [-0.05, 0) is 0 Å². The van der Waals surface area contributed by atoms with Gasteiger partial charge in [0.2, 0.25) is 0 Å². The van der Waals surface area contributed by atoms with Gasteiger partial charge >= 0.3 is 5.97 Å². The van der Waals surface area contributed by atoms with Crippen molar-refractivity contribution in [3.8, 4) is 0 Å². The van der Waals surface area contributed by atoms with Gasteiger partial charge in [-0.25, -0.2) is 4.79 Å². The van der Waals surface area contributed by atoms with E-state index in [0.717, 1.165) is 0 Å². The van der Waals surface area contributed by atoms with Crippen LogP contribution < -0.4 is 0 Å². The van der Waals surface area contributed by atoms with Crippen LogP contribution in [0.15, 0.2) is 0 Å². The smallest absolute Gasteiger partial charge is 0.335 e. The zero-order valence-corrected chi connectivity index (χ0v) is 6.16. The molecule has 0 radical (unpaired) electrons. The number of aliphatic hydroxyl groups excluding tert-OH is 1. The number of rotatable bonds is 4. The Morgan fingerprint density at radius 1 is 1.60 bits per heavy atom. The number of aliphatic hydroxyl groups is 1. The molecule has 1 unspecified atom stereocenters. The fourth-order valence-electron chi connectivity index (χ4n) is 0.581. The van der Waals surface area contributed by atoms with Crippen LogP contribution in [0.3, 0.4) is 0 Å². The first-order valence-electron chi connectivity index (χ1n) is 2.97. The van der Waals surface area contributed by atoms with Crippen molar-refractivity contribution in [1.82, 2.24) is 0 Å². The number of methoxy groups -OCH3 is 2. The van der Waals surface area contributed by atoms with Gasteiger partial charge < -0.3 is 14.6 Å². The van der Waals surface area contributed by atoms with Crippen molar-refractivity contribution >= 4 is 5.97 Å². The van der Waals surface area contributed by atoms with E-state index < -0.39 is 12.1 Å². The second kappa shape index (κ2) is 5.20. The van der Waals surface area contributed by atoms with E-state index in [1.807, 2.05) is 0 Å². The number of ether oxygens (including phenoxy) is 2. The number of esters is 1. The van der Waals surface area contributed by atoms with Crippen LogP contribution in [-0.2, 0) is 14.3 Å². The Morgan fingerprint density at radius 2 is 2.20 bits per heavy atom. The molecule has 0 saturated heterocycles. The maximum atomic E-state index is 10.7. The van der Waals surface area contributed by atoms with E-state index in [9.17, 15) is 4.79 Å². The second-order valence-electron chi connectivity index (χ2n) is 1.76. The molecule has 0 aromatic heterocycles. The first kappa shape index (κ1) is 9.39. The minimum atomic E-state index is -0.630. The van der Waals surface area contributed by atoms with Crippen LogP contribution in [0, 0.1) is 0 Å². The molecule has 1 N–H and O–H groups in total. The third-order valence-corrected chi connectivity index (χ3v) is 1.14. The molecule has 0 aliphatic carbocycles. The predicted molar refractivity (Wildman–Crippen MR) is 34.5 cm³/mol. The highest BCUT2D eigenvalue weighted by Gasteiger charge is 2.16. The van der Waals surface area contributed by atoms with Crippen molar-refractivity contribution in [3.63, 3.8) is 0 Å². The lowest BCUT2D eigenvalue weighted by Crippen LogP contribution is -2.25. The van der Waals surface area contributed by atoms with Crippen LogP contribution >= 0.6 is 0 Å². The third kappa shape index (κ3) is 2.80. The maximum Gasteiger partial charge on any atom is 0.335 e. The Kier molecular flexibility index (Phi) is 4.88. The van der Waals surface area contributed by atoms with Gasteiger partial charge in [0.05, 0.1) is 7.11 Å². The molecule has 0 spiro atoms. The van der Waals surface area contributed by atoms with Gasteiger partial charge in [-0.3, -0.25) is 0 Å². The van der Waals surface area contributed by atoms with Gasteiger partial charge in [-0.1, -0.05) is 0 Å². The van der Waals surface area contributed by atoms with Crippen LogP contribution in [0.4, 0.5) is 0 Å². The average Bonchev–Trinajstić information content (AvgIpc) is 1.99. The number of carbonyl (C=O) groups is 1. The van der Waals surface area contributed by atoms with Gasteiger partial charge in [0.25, 0.3) is 0 Å². The summed E-state index contributed by atoms with van der Waals surface area (Å²) in [5.74, 6) is -0.448. The summed E-state index contributed by atoms with van der Waals surface area (Å²) in [6, 6.07) is 0. The van der Waals surface area contributed by atoms with Crippen LogP contribution in [0.25, 0.3) is 0 Å². The Bertz CT molecular complexity index is 102. The lowest BCUT2D eigenvalue weighted by molar-refractivity contribution is -0.153. The standard InChI is InChI=1S/C6H12O4/c1-9-5(3-4-7)6(8)10-2/h5,7H,3-4H2,1-2H3. The molecule has 60 valence electrons. The molecular weight excluding hydrogens is 136 g/mol. The van der Waals surface area contributed by atoms with Crippen LogP contribution in [-0.4, -0.2) is 38.0 Å². The zero-order chi connectivity index (χ0) is 7.98. The van der Waals surface area contributed by atoms with Gasteiger partial charge in [-0.15, -0.1) is 0 Å². The van der Waals surface area contributed by atoms with Crippen LogP contribution in [0.5, 0.6) is 0 Å². The second-order valence-corrected chi connectivity index (χ2v) is 1.76. The highest BCUT2D eigenvalue weighted by atomic mass is 16.6. The van der Waals surface area contributed by atoms with E-state index in [0.29, 0.717) is 0 Å². The fraction of sp³-hybridized carbons (Fsp3) is 0.833. The van der Waals surface area contributed by atoms with Crippen LogP contribution in [0.1, 0.15) is 6.42 Å². The molecule has 4 heteroatoms. The summed E-state index contributed by atoms with van der Waals surface area (Å²) in [5, 5.41) is 8.42. The Morgan fingerprint density at radius 3 is 2.50 bits per heavy atom. The minimum absolute atomic E-state index is 0.0758. The number of carbonyl (C=O) groups excluding carboxylic acids is 1. The van der Waals surface area contributed by atoms with E-state index in [4.69, 9.17) is 9.84 Å². The normalized spacial score (nSPS) is 12.7. The molecule has 10 heavy (non-hydrogen) atoms. The van der Waals surface area contributed by atoms with Crippen molar-refractivity contribution in [2.75, 3.05) is 20.8 Å². The molecule has 0 heterocycles. The lowest BCUT2D eigenvalue weighted by Gasteiger charge is -2.09. The molecule has 0 rings (SSSR count). The quantitative estimate of drug-likeness (QED) is 0.549. The maximum absolute atomic E-state index is 10.7. The van der Waals surface area contributed by atoms with E-state index in [1.54, 1.807) is 0 Å². The Balaban J connectivity index is 3.68. The van der Waals surface area contributed by atoms with Crippen molar-refractivity contribution in [2.45, 2.75) is 12.5 Å². The van der Waals surface area contributed by atoms with Crippen molar-refractivity contribution in [1.29, 1.82) is 0 Å². The number of hydrogen-bond donors (Lipinski definition) is 1. The summed E-state index contributed by atoms with van der Waals surface area (Å²) in [5.41, 5.74) is 0. The summed E-state index contributed by atoms with van der Waals surface area (Å²) in [6.07, 6.45) is -0.349. The molecule has 0 saturated carbocycles. The molecule has 0 aromatic carbocycles. The summed E-state index contributed by atoms with van der Waals surface area (Å²) in [6.45, 7) is -0.0758. The first-order valence-corrected chi connectivity index (χ1v) is 2.97. The van der Waals surface area contributed by atoms with Gasteiger partial charge in [0, 0.05) is 20.1 Å². The third-order valence-electron chi connectivity index (χ3n) is 1.14. The van der Waals surface area contributed by atoms with Gasteiger partial charge in [0.1, 0.15) is 0 Å². The monoisotopic (exact) mass is 148 g/mol. The highest BCUT2D eigenvalue weighted by molar-refractivity contribution is 5.74. The van der Waals surface area contributed by atoms with E-state index in [2.05, 4.69) is 4.74 Å². The summed E-state index contributed by atoms with van der Waals surface area (Å²) < 4.78 is 9.09. The molecule has 0 aliphatic heterocycles. The first-order chi connectivity index (χ1) is 4.76. The van der Waals surface area contributed by atoms with Crippen molar-refractivity contribution < 1.29 is 19.4 Å². The van der Waals surface area contributed by atoms with E-state index in [1.165, 1.54) is 14.2 Å². The molecule has 0 bridgehead atoms. The SMILES string of the molecule is COC(=O)C(CCO)OC. The molecule has 0 aliphatic rings. The average molecular weight is 148 g/mol. The predicted octanol–water partition coefficient (Wildman–Crippen LogP) is -0.443.